The van der Waals surface area contributed by atoms with Crippen LogP contribution in [0.3, 0.4) is 0 Å². The summed E-state index contributed by atoms with van der Waals surface area (Å²) in [5, 5.41) is 2.60. The Morgan fingerprint density at radius 2 is 2.31 bits per heavy atom. The summed E-state index contributed by atoms with van der Waals surface area (Å²) in [7, 11) is 3.56. The van der Waals surface area contributed by atoms with Crippen molar-refractivity contribution in [1.82, 2.24) is 10.3 Å². The van der Waals surface area contributed by atoms with Crippen LogP contribution < -0.4 is 10.2 Å². The molecule has 16 heavy (non-hydrogen) atoms. The predicted molar refractivity (Wildman–Crippen MR) is 68.6 cm³/mol. The molecule has 0 aliphatic carbocycles. The van der Waals surface area contributed by atoms with Gasteiger partial charge in [-0.1, -0.05) is 0 Å². The predicted octanol–water partition coefficient (Wildman–Crippen LogP) is 1.72. The van der Waals surface area contributed by atoms with Gasteiger partial charge in [-0.2, -0.15) is 0 Å². The van der Waals surface area contributed by atoms with E-state index in [1.165, 1.54) is 0 Å². The number of rotatable bonds is 4. The average Bonchev–Trinajstić information content (AvgIpc) is 2.25. The minimum atomic E-state index is 0.0371. The van der Waals surface area contributed by atoms with Gasteiger partial charge < -0.3 is 10.2 Å². The fourth-order valence-corrected chi connectivity index (χ4v) is 2.07. The largest absolute Gasteiger partial charge is 0.359 e. The van der Waals surface area contributed by atoms with Gasteiger partial charge in [0.25, 0.3) is 0 Å². The number of anilines is 1. The molecule has 0 unspecified atom stereocenters. The van der Waals surface area contributed by atoms with Crippen LogP contribution in [-0.4, -0.2) is 31.5 Å². The first-order chi connectivity index (χ1) is 7.54. The van der Waals surface area contributed by atoms with Crippen molar-refractivity contribution in [3.05, 3.63) is 22.3 Å². The number of carbonyl (C=O) groups excluding carboxylic acids is 1. The number of nitrogens with zero attached hydrogens (tertiary/aromatic N) is 2. The van der Waals surface area contributed by atoms with Crippen LogP contribution in [0.4, 0.5) is 5.82 Å². The molecular weight excluding hydrogens is 270 g/mol. The maximum Gasteiger partial charge on any atom is 0.221 e. The van der Waals surface area contributed by atoms with Gasteiger partial charge in [-0.15, -0.1) is 0 Å². The average molecular weight is 286 g/mol. The van der Waals surface area contributed by atoms with E-state index in [9.17, 15) is 4.79 Å². The molecule has 1 N–H and O–H groups in total. The molecule has 1 amide bonds. The monoisotopic (exact) mass is 285 g/mol. The van der Waals surface area contributed by atoms with Crippen molar-refractivity contribution >= 4 is 27.7 Å². The molecule has 1 aromatic rings. The van der Waals surface area contributed by atoms with Crippen LogP contribution in [0.5, 0.6) is 0 Å². The van der Waals surface area contributed by atoms with Crippen LogP contribution in [0.25, 0.3) is 0 Å². The molecule has 0 saturated heterocycles. The Morgan fingerprint density at radius 3 is 2.88 bits per heavy atom. The molecular formula is C11H16BrN3O. The van der Waals surface area contributed by atoms with Crippen LogP contribution in [0, 0.1) is 6.92 Å². The highest BCUT2D eigenvalue weighted by Crippen LogP contribution is 2.23. The van der Waals surface area contributed by atoms with Crippen LogP contribution in [-0.2, 0) is 4.79 Å². The summed E-state index contributed by atoms with van der Waals surface area (Å²) in [4.78, 5) is 17.4. The van der Waals surface area contributed by atoms with Crippen molar-refractivity contribution in [2.45, 2.75) is 13.3 Å². The summed E-state index contributed by atoms with van der Waals surface area (Å²) in [6, 6.07) is 2.01. The standard InChI is InChI=1S/C11H16BrN3O/c1-8-6-9(12)11(14-7-8)15(3)5-4-10(16)13-2/h6-7H,4-5H2,1-3H3,(H,13,16). The van der Waals surface area contributed by atoms with E-state index in [2.05, 4.69) is 26.2 Å². The molecule has 1 aromatic heterocycles. The number of hydrogen-bond acceptors (Lipinski definition) is 3. The lowest BCUT2D eigenvalue weighted by Gasteiger charge is -2.19. The number of nitrogens with one attached hydrogen (secondary N) is 1. The minimum Gasteiger partial charge on any atom is -0.359 e. The third-order valence-corrected chi connectivity index (χ3v) is 2.86. The summed E-state index contributed by atoms with van der Waals surface area (Å²) >= 11 is 3.47. The van der Waals surface area contributed by atoms with E-state index in [4.69, 9.17) is 0 Å². The van der Waals surface area contributed by atoms with Crippen molar-refractivity contribution < 1.29 is 4.79 Å². The molecule has 0 radical (unpaired) electrons. The zero-order valence-corrected chi connectivity index (χ0v) is 11.3. The molecule has 0 aliphatic heterocycles. The fourth-order valence-electron chi connectivity index (χ4n) is 1.31. The third-order valence-electron chi connectivity index (χ3n) is 2.27. The molecule has 1 heterocycles. The van der Waals surface area contributed by atoms with Crippen LogP contribution >= 0.6 is 15.9 Å². The van der Waals surface area contributed by atoms with Crippen LogP contribution in [0.15, 0.2) is 16.7 Å². The molecule has 0 bridgehead atoms. The summed E-state index contributed by atoms with van der Waals surface area (Å²) in [6.07, 6.45) is 2.28. The lowest BCUT2D eigenvalue weighted by molar-refractivity contribution is -0.120. The number of aryl methyl sites for hydroxylation is 1. The van der Waals surface area contributed by atoms with E-state index in [1.807, 2.05) is 31.1 Å². The first kappa shape index (κ1) is 13.0. The number of carbonyl (C=O) groups is 1. The summed E-state index contributed by atoms with van der Waals surface area (Å²) in [5.74, 6) is 0.893. The molecule has 0 aromatic carbocycles. The van der Waals surface area contributed by atoms with Gasteiger partial charge in [-0.05, 0) is 34.5 Å². The van der Waals surface area contributed by atoms with E-state index < -0.39 is 0 Å². The summed E-state index contributed by atoms with van der Waals surface area (Å²) in [5.41, 5.74) is 1.11. The van der Waals surface area contributed by atoms with Crippen molar-refractivity contribution in [2.75, 3.05) is 25.5 Å². The molecule has 0 aliphatic rings. The van der Waals surface area contributed by atoms with E-state index in [-0.39, 0.29) is 5.91 Å². The van der Waals surface area contributed by atoms with Crippen molar-refractivity contribution in [2.24, 2.45) is 0 Å². The van der Waals surface area contributed by atoms with E-state index in [0.717, 1.165) is 15.9 Å². The maximum absolute atomic E-state index is 11.1. The number of pyridine rings is 1. The summed E-state index contributed by atoms with van der Waals surface area (Å²) < 4.78 is 0.951. The second-order valence-electron chi connectivity index (χ2n) is 3.66. The molecule has 0 spiro atoms. The number of halogens is 1. The highest BCUT2D eigenvalue weighted by molar-refractivity contribution is 9.10. The molecule has 5 heteroatoms. The van der Waals surface area contributed by atoms with Gasteiger partial charge in [0.05, 0.1) is 4.47 Å². The van der Waals surface area contributed by atoms with Gasteiger partial charge in [-0.25, -0.2) is 4.98 Å². The second-order valence-corrected chi connectivity index (χ2v) is 4.52. The van der Waals surface area contributed by atoms with E-state index >= 15 is 0 Å². The Bertz CT molecular complexity index is 381. The molecule has 0 fully saturated rings. The zero-order chi connectivity index (χ0) is 12.1. The quantitative estimate of drug-likeness (QED) is 0.916. The Balaban J connectivity index is 2.65. The minimum absolute atomic E-state index is 0.0371. The Kier molecular flexibility index (Phi) is 4.73. The highest BCUT2D eigenvalue weighted by Gasteiger charge is 2.08. The molecule has 88 valence electrons. The normalized spacial score (nSPS) is 10.0. The van der Waals surface area contributed by atoms with Gasteiger partial charge in [0.2, 0.25) is 5.91 Å². The van der Waals surface area contributed by atoms with Crippen molar-refractivity contribution in [3.8, 4) is 0 Å². The zero-order valence-electron chi connectivity index (χ0n) is 9.75. The molecule has 0 atom stereocenters. The number of aromatic nitrogens is 1. The van der Waals surface area contributed by atoms with Gasteiger partial charge in [0.1, 0.15) is 5.82 Å². The van der Waals surface area contributed by atoms with Gasteiger partial charge in [-0.3, -0.25) is 4.79 Å². The van der Waals surface area contributed by atoms with E-state index in [1.54, 1.807) is 7.05 Å². The maximum atomic E-state index is 11.1. The Morgan fingerprint density at radius 1 is 1.62 bits per heavy atom. The fraction of sp³-hybridized carbons (Fsp3) is 0.455. The third kappa shape index (κ3) is 3.48. The van der Waals surface area contributed by atoms with Crippen molar-refractivity contribution in [1.29, 1.82) is 0 Å². The van der Waals surface area contributed by atoms with Gasteiger partial charge in [0, 0.05) is 33.3 Å². The van der Waals surface area contributed by atoms with Crippen molar-refractivity contribution in [3.63, 3.8) is 0 Å². The highest BCUT2D eigenvalue weighted by atomic mass is 79.9. The van der Waals surface area contributed by atoms with Crippen LogP contribution in [0.2, 0.25) is 0 Å². The van der Waals surface area contributed by atoms with Gasteiger partial charge >= 0.3 is 0 Å². The smallest absolute Gasteiger partial charge is 0.221 e. The first-order valence-corrected chi connectivity index (χ1v) is 5.87. The molecule has 1 rings (SSSR count). The Hall–Kier alpha value is -1.10. The molecule has 4 nitrogen and oxygen atoms in total. The summed E-state index contributed by atoms with van der Waals surface area (Å²) in [6.45, 7) is 2.64. The van der Waals surface area contributed by atoms with E-state index in [0.29, 0.717) is 13.0 Å². The number of amides is 1. The lowest BCUT2D eigenvalue weighted by atomic mass is 10.3. The second kappa shape index (κ2) is 5.84. The molecule has 0 saturated carbocycles. The van der Waals surface area contributed by atoms with Gasteiger partial charge in [0.15, 0.2) is 0 Å². The number of hydrogen-bond donors (Lipinski definition) is 1. The van der Waals surface area contributed by atoms with Crippen LogP contribution in [0.1, 0.15) is 12.0 Å². The topological polar surface area (TPSA) is 45.2 Å². The lowest BCUT2D eigenvalue weighted by Crippen LogP contribution is -2.27. The SMILES string of the molecule is CNC(=O)CCN(C)c1ncc(C)cc1Br. The Labute approximate surface area is 104 Å². The first-order valence-electron chi connectivity index (χ1n) is 5.08.